The van der Waals surface area contributed by atoms with Gasteiger partial charge in [0.2, 0.25) is 0 Å². The van der Waals surface area contributed by atoms with Crippen LogP contribution >= 0.6 is 11.3 Å². The fourth-order valence-corrected chi connectivity index (χ4v) is 4.24. The average Bonchev–Trinajstić information content (AvgIpc) is 3.07. The highest BCUT2D eigenvalue weighted by Crippen LogP contribution is 2.32. The van der Waals surface area contributed by atoms with Crippen LogP contribution in [0.2, 0.25) is 0 Å². The average molecular weight is 400 g/mol. The third-order valence-corrected chi connectivity index (χ3v) is 5.74. The van der Waals surface area contributed by atoms with Gasteiger partial charge in [-0.15, -0.1) is 11.3 Å². The van der Waals surface area contributed by atoms with Crippen molar-refractivity contribution in [1.29, 1.82) is 0 Å². The molecule has 1 aliphatic rings. The molecule has 144 valence electrons. The molecule has 3 aromatic rings. The van der Waals surface area contributed by atoms with Gasteiger partial charge >= 0.3 is 0 Å². The first-order valence-electron chi connectivity index (χ1n) is 8.97. The van der Waals surface area contributed by atoms with E-state index in [9.17, 15) is 13.6 Å². The Morgan fingerprint density at radius 2 is 2.00 bits per heavy atom. The molecule has 4 rings (SSSR count). The largest absolute Gasteiger partial charge is 0.486 e. The molecule has 0 saturated heterocycles. The molecule has 4 nitrogen and oxygen atoms in total. The Morgan fingerprint density at radius 1 is 1.21 bits per heavy atom. The quantitative estimate of drug-likeness (QED) is 0.625. The van der Waals surface area contributed by atoms with Crippen LogP contribution in [0.5, 0.6) is 5.75 Å². The molecule has 0 fully saturated rings. The number of para-hydroxylation sites is 1. The van der Waals surface area contributed by atoms with Gasteiger partial charge in [0.05, 0.1) is 11.4 Å². The zero-order chi connectivity index (χ0) is 19.7. The topological polar surface area (TPSA) is 42.4 Å². The first-order chi connectivity index (χ1) is 13.5. The molecule has 0 atom stereocenters. The second kappa shape index (κ2) is 7.67. The first kappa shape index (κ1) is 18.6. The SMILES string of the molecule is Cc1nc(COc2ccc(F)cc2)sc1C(=O)N1CCCc2cccc(F)c21. The molecule has 0 radical (unpaired) electrons. The molecule has 0 N–H and O–H groups in total. The van der Waals surface area contributed by atoms with Crippen LogP contribution in [0.1, 0.15) is 32.4 Å². The molecule has 2 aromatic carbocycles. The highest BCUT2D eigenvalue weighted by molar-refractivity contribution is 7.13. The van der Waals surface area contributed by atoms with E-state index in [4.69, 9.17) is 4.74 Å². The van der Waals surface area contributed by atoms with Crippen LogP contribution in [0.15, 0.2) is 42.5 Å². The van der Waals surface area contributed by atoms with Crippen molar-refractivity contribution < 1.29 is 18.3 Å². The summed E-state index contributed by atoms with van der Waals surface area (Å²) in [5.74, 6) is -0.435. The minimum absolute atomic E-state index is 0.176. The van der Waals surface area contributed by atoms with Gasteiger partial charge in [-0.25, -0.2) is 13.8 Å². The number of aromatic nitrogens is 1. The monoisotopic (exact) mass is 400 g/mol. The maximum absolute atomic E-state index is 14.4. The summed E-state index contributed by atoms with van der Waals surface area (Å²) < 4.78 is 33.0. The fourth-order valence-electron chi connectivity index (χ4n) is 3.32. The van der Waals surface area contributed by atoms with E-state index in [0.717, 1.165) is 18.4 Å². The van der Waals surface area contributed by atoms with Crippen molar-refractivity contribution in [2.24, 2.45) is 0 Å². The summed E-state index contributed by atoms with van der Waals surface area (Å²) in [6.45, 7) is 2.41. The van der Waals surface area contributed by atoms with E-state index in [1.807, 2.05) is 6.07 Å². The smallest absolute Gasteiger partial charge is 0.270 e. The molecule has 2 heterocycles. The van der Waals surface area contributed by atoms with Gasteiger partial charge in [0.15, 0.2) is 0 Å². The van der Waals surface area contributed by atoms with Crippen LogP contribution in [0.25, 0.3) is 0 Å². The van der Waals surface area contributed by atoms with Crippen LogP contribution in [0, 0.1) is 18.6 Å². The molecule has 7 heteroatoms. The lowest BCUT2D eigenvalue weighted by atomic mass is 10.0. The standard InChI is InChI=1S/C21H18F2N2O2S/c1-13-20(28-18(24-13)12-27-16-9-7-15(22)8-10-16)21(26)25-11-3-5-14-4-2-6-17(23)19(14)25/h2,4,6-10H,3,5,11-12H2,1H3. The van der Waals surface area contributed by atoms with E-state index in [2.05, 4.69) is 4.98 Å². The number of nitrogens with zero attached hydrogens (tertiary/aromatic N) is 2. The number of benzene rings is 2. The zero-order valence-corrected chi connectivity index (χ0v) is 16.1. The van der Waals surface area contributed by atoms with Gasteiger partial charge in [0.25, 0.3) is 5.91 Å². The highest BCUT2D eigenvalue weighted by Gasteiger charge is 2.29. The molecule has 1 amide bonds. The van der Waals surface area contributed by atoms with Crippen molar-refractivity contribution in [2.45, 2.75) is 26.4 Å². The van der Waals surface area contributed by atoms with Crippen LogP contribution in [-0.2, 0) is 13.0 Å². The van der Waals surface area contributed by atoms with Gasteiger partial charge in [-0.3, -0.25) is 4.79 Å². The summed E-state index contributed by atoms with van der Waals surface area (Å²) in [4.78, 5) is 19.5. The Kier molecular flexibility index (Phi) is 5.09. The van der Waals surface area contributed by atoms with Crippen molar-refractivity contribution in [1.82, 2.24) is 4.98 Å². The number of hydrogen-bond donors (Lipinski definition) is 0. The van der Waals surface area contributed by atoms with Crippen molar-refractivity contribution in [3.8, 4) is 5.75 Å². The van der Waals surface area contributed by atoms with E-state index in [-0.39, 0.29) is 24.1 Å². The number of aryl methyl sites for hydroxylation is 2. The number of amides is 1. The van der Waals surface area contributed by atoms with Crippen molar-refractivity contribution in [3.05, 3.63) is 75.2 Å². The van der Waals surface area contributed by atoms with Gasteiger partial charge in [-0.1, -0.05) is 12.1 Å². The normalized spacial score (nSPS) is 13.3. The third kappa shape index (κ3) is 3.62. The molecular weight excluding hydrogens is 382 g/mol. The number of fused-ring (bicyclic) bond motifs is 1. The predicted octanol–water partition coefficient (Wildman–Crippen LogP) is 4.90. The van der Waals surface area contributed by atoms with E-state index < -0.39 is 0 Å². The van der Waals surface area contributed by atoms with E-state index in [1.54, 1.807) is 13.0 Å². The molecule has 0 saturated carbocycles. The Labute approximate surface area is 165 Å². The molecule has 0 bridgehead atoms. The van der Waals surface area contributed by atoms with Crippen LogP contribution < -0.4 is 9.64 Å². The minimum Gasteiger partial charge on any atom is -0.486 e. The molecule has 0 unspecified atom stereocenters. The van der Waals surface area contributed by atoms with Crippen molar-refractivity contribution in [2.75, 3.05) is 11.4 Å². The second-order valence-corrected chi connectivity index (χ2v) is 7.66. The molecular formula is C21H18F2N2O2S. The van der Waals surface area contributed by atoms with E-state index in [0.29, 0.717) is 33.6 Å². The highest BCUT2D eigenvalue weighted by atomic mass is 32.1. The first-order valence-corrected chi connectivity index (χ1v) is 9.78. The molecule has 0 spiro atoms. The maximum atomic E-state index is 14.4. The van der Waals surface area contributed by atoms with Crippen molar-refractivity contribution in [3.63, 3.8) is 0 Å². The number of carbonyl (C=O) groups is 1. The molecule has 1 aromatic heterocycles. The number of halogens is 2. The second-order valence-electron chi connectivity index (χ2n) is 6.57. The molecule has 0 aliphatic carbocycles. The van der Waals surface area contributed by atoms with Crippen LogP contribution in [0.3, 0.4) is 0 Å². The number of rotatable bonds is 4. The Balaban J connectivity index is 1.54. The minimum atomic E-state index is -0.382. The molecule has 28 heavy (non-hydrogen) atoms. The van der Waals surface area contributed by atoms with Crippen LogP contribution in [-0.4, -0.2) is 17.4 Å². The lowest BCUT2D eigenvalue weighted by Gasteiger charge is -2.29. The summed E-state index contributed by atoms with van der Waals surface area (Å²) in [6.07, 6.45) is 1.55. The van der Waals surface area contributed by atoms with E-state index in [1.165, 1.54) is 46.6 Å². The summed E-state index contributed by atoms with van der Waals surface area (Å²) >= 11 is 1.24. The number of ether oxygens (including phenoxy) is 1. The number of carbonyl (C=O) groups excluding carboxylic acids is 1. The van der Waals surface area contributed by atoms with Gasteiger partial charge < -0.3 is 9.64 Å². The summed E-state index contributed by atoms with van der Waals surface area (Å²) in [5, 5.41) is 0.635. The zero-order valence-electron chi connectivity index (χ0n) is 15.2. The van der Waals surface area contributed by atoms with E-state index >= 15 is 0 Å². The molecule has 1 aliphatic heterocycles. The lowest BCUT2D eigenvalue weighted by molar-refractivity contribution is 0.0987. The number of hydrogen-bond acceptors (Lipinski definition) is 4. The Bertz CT molecular complexity index is 1020. The number of anilines is 1. The van der Waals surface area contributed by atoms with Gasteiger partial charge in [-0.05, 0) is 55.7 Å². The van der Waals surface area contributed by atoms with Gasteiger partial charge in [-0.2, -0.15) is 0 Å². The predicted molar refractivity (Wildman–Crippen MR) is 104 cm³/mol. The summed E-state index contributed by atoms with van der Waals surface area (Å²) in [5.41, 5.74) is 1.81. The van der Waals surface area contributed by atoms with Crippen LogP contribution in [0.4, 0.5) is 14.5 Å². The number of thiazole rings is 1. The maximum Gasteiger partial charge on any atom is 0.270 e. The summed E-state index contributed by atoms with van der Waals surface area (Å²) in [7, 11) is 0. The lowest BCUT2D eigenvalue weighted by Crippen LogP contribution is -2.36. The Hall–Kier alpha value is -2.80. The summed E-state index contributed by atoms with van der Waals surface area (Å²) in [6, 6.07) is 10.6. The van der Waals surface area contributed by atoms with Crippen molar-refractivity contribution >= 4 is 22.9 Å². The van der Waals surface area contributed by atoms with Gasteiger partial charge in [0.1, 0.15) is 33.9 Å². The van der Waals surface area contributed by atoms with Gasteiger partial charge in [0, 0.05) is 6.54 Å². The Morgan fingerprint density at radius 3 is 2.79 bits per heavy atom. The third-order valence-electron chi connectivity index (χ3n) is 4.62. The fraction of sp³-hybridized carbons (Fsp3) is 0.238.